The van der Waals surface area contributed by atoms with Crippen LogP contribution in [0, 0.1) is 6.92 Å². The maximum atomic E-state index is 12.8. The van der Waals surface area contributed by atoms with Crippen molar-refractivity contribution in [3.8, 4) is 0 Å². The third-order valence-electron chi connectivity index (χ3n) is 4.19. The highest BCUT2D eigenvalue weighted by atomic mass is 16.1. The highest BCUT2D eigenvalue weighted by molar-refractivity contribution is 6.17. The zero-order valence-electron chi connectivity index (χ0n) is 12.7. The van der Waals surface area contributed by atoms with Crippen LogP contribution in [0.15, 0.2) is 28.3 Å². The molecule has 0 spiro atoms. The van der Waals surface area contributed by atoms with Crippen molar-refractivity contribution in [2.75, 3.05) is 0 Å². The van der Waals surface area contributed by atoms with Crippen molar-refractivity contribution in [2.24, 2.45) is 7.05 Å². The second-order valence-electron chi connectivity index (χ2n) is 5.52. The minimum Gasteiger partial charge on any atom is -0.319 e. The molecule has 0 amide bonds. The van der Waals surface area contributed by atoms with Crippen molar-refractivity contribution in [1.82, 2.24) is 9.55 Å². The maximum Gasteiger partial charge on any atom is 0.251 e. The average molecular weight is 296 g/mol. The van der Waals surface area contributed by atoms with Crippen LogP contribution in [0.5, 0.6) is 0 Å². The van der Waals surface area contributed by atoms with Gasteiger partial charge in [0.15, 0.2) is 0 Å². The van der Waals surface area contributed by atoms with Crippen LogP contribution in [-0.2, 0) is 13.5 Å². The molecule has 0 saturated carbocycles. The third-order valence-corrected chi connectivity index (χ3v) is 4.19. The Morgan fingerprint density at radius 2 is 1.86 bits per heavy atom. The molecule has 0 fully saturated rings. The Kier molecular flexibility index (Phi) is 3.02. The van der Waals surface area contributed by atoms with Crippen LogP contribution < -0.4 is 11.1 Å². The number of nitrogens with zero attached hydrogens (tertiary/aromatic N) is 1. The van der Waals surface area contributed by atoms with Crippen LogP contribution in [0.1, 0.15) is 45.4 Å². The van der Waals surface area contributed by atoms with E-state index in [1.165, 1.54) is 10.6 Å². The van der Waals surface area contributed by atoms with E-state index in [0.29, 0.717) is 34.4 Å². The van der Waals surface area contributed by atoms with E-state index in [1.54, 1.807) is 20.0 Å². The predicted molar refractivity (Wildman–Crippen MR) is 84.4 cm³/mol. The monoisotopic (exact) mass is 296 g/mol. The Bertz CT molecular complexity index is 961. The largest absolute Gasteiger partial charge is 0.319 e. The van der Waals surface area contributed by atoms with Gasteiger partial charge >= 0.3 is 0 Å². The summed E-state index contributed by atoms with van der Waals surface area (Å²) in [4.78, 5) is 39.2. The van der Waals surface area contributed by atoms with E-state index in [0.717, 1.165) is 5.56 Å². The van der Waals surface area contributed by atoms with E-state index < -0.39 is 0 Å². The lowest BCUT2D eigenvalue weighted by atomic mass is 9.82. The summed E-state index contributed by atoms with van der Waals surface area (Å²) >= 11 is 0. The molecule has 0 radical (unpaired) electrons. The molecule has 2 aromatic heterocycles. The standard InChI is InChI=1S/C17H16N2O3/c1-5-10-7-12(21)19(4)16-14(10)9(3)13-8(2)6-11(20)18-15(13)17(16)22/h6-7H,3,5H2,1-2,4H3,(H,18,20). The number of fused-ring (bicyclic) bond motifs is 2. The molecule has 0 aromatic carbocycles. The molecule has 0 saturated heterocycles. The number of carbonyl (C=O) groups is 1. The van der Waals surface area contributed by atoms with E-state index in [2.05, 4.69) is 11.6 Å². The van der Waals surface area contributed by atoms with Gasteiger partial charge in [-0.15, -0.1) is 0 Å². The molecule has 0 atom stereocenters. The number of rotatable bonds is 1. The van der Waals surface area contributed by atoms with E-state index >= 15 is 0 Å². The summed E-state index contributed by atoms with van der Waals surface area (Å²) in [5.41, 5.74) is 3.47. The first-order valence-corrected chi connectivity index (χ1v) is 7.08. The zero-order chi connectivity index (χ0) is 16.2. The minimum atomic E-state index is -0.340. The quantitative estimate of drug-likeness (QED) is 0.740. The Hall–Kier alpha value is -2.69. The SMILES string of the molecule is C=C1c2c(C)cc(=O)[nH]c2C(=O)c2c1c(CC)cc(=O)n2C. The molecule has 5 nitrogen and oxygen atoms in total. The van der Waals surface area contributed by atoms with Crippen LogP contribution in [0.2, 0.25) is 0 Å². The fourth-order valence-corrected chi connectivity index (χ4v) is 3.12. The molecule has 1 aliphatic carbocycles. The summed E-state index contributed by atoms with van der Waals surface area (Å²) in [6.45, 7) is 7.83. The number of nitrogens with one attached hydrogen (secondary N) is 1. The van der Waals surface area contributed by atoms with Gasteiger partial charge in [-0.1, -0.05) is 13.5 Å². The van der Waals surface area contributed by atoms with Crippen molar-refractivity contribution in [3.05, 3.63) is 73.1 Å². The van der Waals surface area contributed by atoms with Gasteiger partial charge in [-0.2, -0.15) is 0 Å². The molecule has 2 aromatic rings. The molecule has 1 N–H and O–H groups in total. The van der Waals surface area contributed by atoms with Gasteiger partial charge in [0.1, 0.15) is 5.69 Å². The molecular weight excluding hydrogens is 280 g/mol. The Morgan fingerprint density at radius 1 is 1.18 bits per heavy atom. The van der Waals surface area contributed by atoms with Crippen molar-refractivity contribution >= 4 is 11.4 Å². The second-order valence-corrected chi connectivity index (χ2v) is 5.52. The summed E-state index contributed by atoms with van der Waals surface area (Å²) in [5, 5.41) is 0. The molecule has 0 aliphatic heterocycles. The second kappa shape index (κ2) is 4.66. The number of hydrogen-bond acceptors (Lipinski definition) is 3. The number of aryl methyl sites for hydroxylation is 2. The highest BCUT2D eigenvalue weighted by Crippen LogP contribution is 2.36. The third kappa shape index (κ3) is 1.75. The zero-order valence-corrected chi connectivity index (χ0v) is 12.7. The van der Waals surface area contributed by atoms with E-state index in [9.17, 15) is 14.4 Å². The summed E-state index contributed by atoms with van der Waals surface area (Å²) in [5.74, 6) is -0.340. The summed E-state index contributed by atoms with van der Waals surface area (Å²) in [6, 6.07) is 3.00. The van der Waals surface area contributed by atoms with Crippen LogP contribution >= 0.6 is 0 Å². The maximum absolute atomic E-state index is 12.8. The van der Waals surface area contributed by atoms with Gasteiger partial charge in [0.2, 0.25) is 11.3 Å². The summed E-state index contributed by atoms with van der Waals surface area (Å²) < 4.78 is 1.32. The number of H-pyrrole nitrogens is 1. The summed E-state index contributed by atoms with van der Waals surface area (Å²) in [6.07, 6.45) is 0.627. The number of aromatic nitrogens is 2. The highest BCUT2D eigenvalue weighted by Gasteiger charge is 2.32. The number of aromatic amines is 1. The van der Waals surface area contributed by atoms with Gasteiger partial charge in [-0.05, 0) is 30.0 Å². The lowest BCUT2D eigenvalue weighted by Gasteiger charge is -2.25. The van der Waals surface area contributed by atoms with E-state index in [-0.39, 0.29) is 22.6 Å². The Morgan fingerprint density at radius 3 is 2.50 bits per heavy atom. The van der Waals surface area contributed by atoms with E-state index in [1.807, 2.05) is 6.92 Å². The molecule has 0 unspecified atom stereocenters. The van der Waals surface area contributed by atoms with Crippen molar-refractivity contribution in [1.29, 1.82) is 0 Å². The summed E-state index contributed by atoms with van der Waals surface area (Å²) in [7, 11) is 1.56. The van der Waals surface area contributed by atoms with Crippen LogP contribution in [0.4, 0.5) is 0 Å². The first-order valence-electron chi connectivity index (χ1n) is 7.08. The van der Waals surface area contributed by atoms with Gasteiger partial charge in [0.25, 0.3) is 5.56 Å². The molecule has 2 heterocycles. The van der Waals surface area contributed by atoms with Gasteiger partial charge in [-0.3, -0.25) is 14.4 Å². The molecule has 1 aliphatic rings. The number of ketones is 1. The van der Waals surface area contributed by atoms with Gasteiger partial charge in [0, 0.05) is 30.3 Å². The first kappa shape index (κ1) is 14.3. The molecule has 112 valence electrons. The first-order chi connectivity index (χ1) is 10.4. The van der Waals surface area contributed by atoms with Crippen molar-refractivity contribution in [2.45, 2.75) is 20.3 Å². The van der Waals surface area contributed by atoms with Crippen LogP contribution in [0.25, 0.3) is 5.57 Å². The number of hydrogen-bond donors (Lipinski definition) is 1. The fraction of sp³-hybridized carbons (Fsp3) is 0.235. The van der Waals surface area contributed by atoms with Crippen molar-refractivity contribution < 1.29 is 4.79 Å². The van der Waals surface area contributed by atoms with Crippen molar-refractivity contribution in [3.63, 3.8) is 0 Å². The van der Waals surface area contributed by atoms with E-state index in [4.69, 9.17) is 0 Å². The smallest absolute Gasteiger partial charge is 0.251 e. The van der Waals surface area contributed by atoms with Gasteiger partial charge < -0.3 is 9.55 Å². The lowest BCUT2D eigenvalue weighted by molar-refractivity contribution is 0.102. The van der Waals surface area contributed by atoms with Crippen LogP contribution in [-0.4, -0.2) is 15.3 Å². The van der Waals surface area contributed by atoms with Gasteiger partial charge in [-0.25, -0.2) is 0 Å². The fourth-order valence-electron chi connectivity index (χ4n) is 3.12. The number of pyridine rings is 2. The molecule has 0 bridgehead atoms. The Labute approximate surface area is 126 Å². The normalized spacial score (nSPS) is 13.0. The molecule has 5 heteroatoms. The predicted octanol–water partition coefficient (Wildman–Crippen LogP) is 1.55. The molecular formula is C17H16N2O3. The van der Waals surface area contributed by atoms with Gasteiger partial charge in [0.05, 0.1) is 5.69 Å². The minimum absolute atomic E-state index is 0.214. The average Bonchev–Trinajstić information content (AvgIpc) is 2.46. The van der Waals surface area contributed by atoms with Crippen LogP contribution in [0.3, 0.4) is 0 Å². The lowest BCUT2D eigenvalue weighted by Crippen LogP contribution is -2.31. The molecule has 3 rings (SSSR count). The number of carbonyl (C=O) groups excluding carboxylic acids is 1. The topological polar surface area (TPSA) is 71.9 Å². The molecule has 22 heavy (non-hydrogen) atoms. The Balaban J connectivity index is 2.49.